The molecular formula is C14H25N. The monoisotopic (exact) mass is 207 g/mol. The van der Waals surface area contributed by atoms with E-state index in [4.69, 9.17) is 0 Å². The van der Waals surface area contributed by atoms with Gasteiger partial charge in [0.2, 0.25) is 0 Å². The van der Waals surface area contributed by atoms with Crippen molar-refractivity contribution in [2.45, 2.75) is 57.9 Å². The third-order valence-corrected chi connectivity index (χ3v) is 5.15. The van der Waals surface area contributed by atoms with Gasteiger partial charge in [-0.3, -0.25) is 0 Å². The van der Waals surface area contributed by atoms with Crippen molar-refractivity contribution in [2.75, 3.05) is 6.54 Å². The van der Waals surface area contributed by atoms with Crippen molar-refractivity contribution in [1.82, 2.24) is 5.32 Å². The first kappa shape index (κ1) is 10.1. The largest absolute Gasteiger partial charge is 0.313 e. The lowest BCUT2D eigenvalue weighted by atomic mass is 10.0. The topological polar surface area (TPSA) is 12.0 Å². The lowest BCUT2D eigenvalue weighted by molar-refractivity contribution is 0.456. The average Bonchev–Trinajstić information content (AvgIpc) is 2.67. The predicted molar refractivity (Wildman–Crippen MR) is 63.7 cm³/mol. The summed E-state index contributed by atoms with van der Waals surface area (Å²) in [7, 11) is 0. The zero-order valence-electron chi connectivity index (χ0n) is 10.0. The average molecular weight is 207 g/mol. The number of hydrogen-bond acceptors (Lipinski definition) is 1. The zero-order chi connectivity index (χ0) is 10.3. The minimum absolute atomic E-state index is 0.956. The molecule has 0 heterocycles. The Hall–Kier alpha value is -0.0400. The second-order valence-corrected chi connectivity index (χ2v) is 6.03. The Bertz CT molecular complexity index is 209. The van der Waals surface area contributed by atoms with Crippen LogP contribution in [0.3, 0.4) is 0 Å². The van der Waals surface area contributed by atoms with Gasteiger partial charge < -0.3 is 5.32 Å². The third kappa shape index (κ3) is 1.73. The Balaban J connectivity index is 1.34. The van der Waals surface area contributed by atoms with Gasteiger partial charge in [0, 0.05) is 6.04 Å². The minimum atomic E-state index is 0.956. The maximum Gasteiger partial charge on any atom is 0.0135 e. The molecule has 0 aromatic rings. The van der Waals surface area contributed by atoms with Gasteiger partial charge in [0.25, 0.3) is 0 Å². The van der Waals surface area contributed by atoms with E-state index in [-0.39, 0.29) is 0 Å². The zero-order valence-corrected chi connectivity index (χ0v) is 10.0. The van der Waals surface area contributed by atoms with Crippen molar-refractivity contribution in [3.05, 3.63) is 0 Å². The van der Waals surface area contributed by atoms with E-state index in [2.05, 4.69) is 12.2 Å². The van der Waals surface area contributed by atoms with Crippen LogP contribution in [0.5, 0.6) is 0 Å². The summed E-state index contributed by atoms with van der Waals surface area (Å²) >= 11 is 0. The highest BCUT2D eigenvalue weighted by Gasteiger charge is 2.64. The van der Waals surface area contributed by atoms with E-state index < -0.39 is 0 Å². The molecule has 0 aromatic carbocycles. The molecule has 4 atom stereocenters. The SMILES string of the molecule is CCCCCCNC1C2C3CCC(C3)C12. The fourth-order valence-electron chi connectivity index (χ4n) is 4.42. The highest BCUT2D eigenvalue weighted by atomic mass is 15.0. The van der Waals surface area contributed by atoms with E-state index >= 15 is 0 Å². The van der Waals surface area contributed by atoms with Gasteiger partial charge in [0.1, 0.15) is 0 Å². The molecule has 3 saturated carbocycles. The Morgan fingerprint density at radius 3 is 2.40 bits per heavy atom. The molecule has 0 radical (unpaired) electrons. The molecule has 0 saturated heterocycles. The molecule has 3 aliphatic carbocycles. The van der Waals surface area contributed by atoms with Crippen molar-refractivity contribution < 1.29 is 0 Å². The predicted octanol–water partition coefficient (Wildman–Crippen LogP) is 3.20. The standard InChI is InChI=1S/C14H25N/c1-2-3-4-5-8-15-14-12-10-6-7-11(9-10)13(12)14/h10-15H,2-9H2,1H3. The van der Waals surface area contributed by atoms with E-state index in [1.54, 1.807) is 19.3 Å². The number of hydrogen-bond donors (Lipinski definition) is 1. The summed E-state index contributed by atoms with van der Waals surface area (Å²) in [5.41, 5.74) is 0. The summed E-state index contributed by atoms with van der Waals surface area (Å²) < 4.78 is 0. The van der Waals surface area contributed by atoms with E-state index in [0.717, 1.165) is 29.7 Å². The molecule has 3 fully saturated rings. The summed E-state index contributed by atoms with van der Waals surface area (Å²) in [5.74, 6) is 4.51. The lowest BCUT2D eigenvalue weighted by Gasteiger charge is -2.10. The second kappa shape index (κ2) is 4.08. The van der Waals surface area contributed by atoms with Crippen LogP contribution in [0.4, 0.5) is 0 Å². The highest BCUT2D eigenvalue weighted by molar-refractivity contribution is 5.16. The molecule has 15 heavy (non-hydrogen) atoms. The molecule has 1 N–H and O–H groups in total. The van der Waals surface area contributed by atoms with Crippen LogP contribution in [-0.4, -0.2) is 12.6 Å². The van der Waals surface area contributed by atoms with Crippen LogP contribution >= 0.6 is 0 Å². The van der Waals surface area contributed by atoms with E-state index in [9.17, 15) is 0 Å². The first-order chi connectivity index (χ1) is 7.42. The van der Waals surface area contributed by atoms with Crippen molar-refractivity contribution in [2.24, 2.45) is 23.7 Å². The van der Waals surface area contributed by atoms with Gasteiger partial charge >= 0.3 is 0 Å². The van der Waals surface area contributed by atoms with Gasteiger partial charge in [0.05, 0.1) is 0 Å². The maximum absolute atomic E-state index is 3.82. The second-order valence-electron chi connectivity index (χ2n) is 6.03. The van der Waals surface area contributed by atoms with Crippen LogP contribution in [-0.2, 0) is 0 Å². The minimum Gasteiger partial charge on any atom is -0.313 e. The van der Waals surface area contributed by atoms with E-state index in [0.29, 0.717) is 0 Å². The third-order valence-electron chi connectivity index (χ3n) is 5.15. The first-order valence-corrected chi connectivity index (χ1v) is 7.15. The molecule has 3 rings (SSSR count). The Labute approximate surface area is 94.0 Å². The molecule has 0 spiro atoms. The smallest absolute Gasteiger partial charge is 0.0135 e. The van der Waals surface area contributed by atoms with Crippen LogP contribution in [0.25, 0.3) is 0 Å². The van der Waals surface area contributed by atoms with Gasteiger partial charge in [-0.1, -0.05) is 26.2 Å². The van der Waals surface area contributed by atoms with E-state index in [1.165, 1.54) is 32.2 Å². The molecule has 4 unspecified atom stereocenters. The Morgan fingerprint density at radius 2 is 1.73 bits per heavy atom. The van der Waals surface area contributed by atoms with Crippen molar-refractivity contribution in [3.63, 3.8) is 0 Å². The normalized spacial score (nSPS) is 45.8. The van der Waals surface area contributed by atoms with Crippen LogP contribution < -0.4 is 5.32 Å². The molecule has 0 aromatic heterocycles. The first-order valence-electron chi connectivity index (χ1n) is 7.15. The van der Waals surface area contributed by atoms with Gasteiger partial charge in [-0.15, -0.1) is 0 Å². The molecule has 1 nitrogen and oxygen atoms in total. The van der Waals surface area contributed by atoms with Gasteiger partial charge in [-0.05, 0) is 55.9 Å². The quantitative estimate of drug-likeness (QED) is 0.660. The number of nitrogens with one attached hydrogen (secondary N) is 1. The highest BCUT2D eigenvalue weighted by Crippen LogP contribution is 2.65. The maximum atomic E-state index is 3.82. The lowest BCUT2D eigenvalue weighted by Crippen LogP contribution is -2.23. The molecule has 3 aliphatic rings. The van der Waals surface area contributed by atoms with Gasteiger partial charge in [-0.2, -0.15) is 0 Å². The van der Waals surface area contributed by atoms with Crippen molar-refractivity contribution in [3.8, 4) is 0 Å². The molecule has 0 amide bonds. The number of unbranched alkanes of at least 4 members (excludes halogenated alkanes) is 3. The van der Waals surface area contributed by atoms with Gasteiger partial charge in [-0.25, -0.2) is 0 Å². The van der Waals surface area contributed by atoms with Crippen LogP contribution in [0.2, 0.25) is 0 Å². The van der Waals surface area contributed by atoms with E-state index in [1.807, 2.05) is 0 Å². The number of rotatable bonds is 6. The molecule has 0 aliphatic heterocycles. The summed E-state index contributed by atoms with van der Waals surface area (Å²) in [6.07, 6.45) is 10.3. The Kier molecular flexibility index (Phi) is 2.76. The molecule has 1 heteroatoms. The Morgan fingerprint density at radius 1 is 1.00 bits per heavy atom. The summed E-state index contributed by atoms with van der Waals surface area (Å²) in [6, 6.07) is 0.956. The van der Waals surface area contributed by atoms with Crippen molar-refractivity contribution in [1.29, 1.82) is 0 Å². The van der Waals surface area contributed by atoms with Crippen LogP contribution in [0.15, 0.2) is 0 Å². The summed E-state index contributed by atoms with van der Waals surface area (Å²) in [6.45, 7) is 3.58. The fraction of sp³-hybridized carbons (Fsp3) is 1.00. The summed E-state index contributed by atoms with van der Waals surface area (Å²) in [4.78, 5) is 0. The fourth-order valence-corrected chi connectivity index (χ4v) is 4.42. The van der Waals surface area contributed by atoms with Crippen LogP contribution in [0.1, 0.15) is 51.9 Å². The van der Waals surface area contributed by atoms with Gasteiger partial charge in [0.15, 0.2) is 0 Å². The molecule has 2 bridgehead atoms. The molecular weight excluding hydrogens is 182 g/mol. The summed E-state index contributed by atoms with van der Waals surface area (Å²) in [5, 5.41) is 3.82. The van der Waals surface area contributed by atoms with Crippen molar-refractivity contribution >= 4 is 0 Å². The van der Waals surface area contributed by atoms with Crippen LogP contribution in [0, 0.1) is 23.7 Å². The number of fused-ring (bicyclic) bond motifs is 5. The molecule has 86 valence electrons.